The lowest BCUT2D eigenvalue weighted by atomic mass is 10.1. The number of halogens is 1. The monoisotopic (exact) mass is 328 g/mol. The molecule has 0 aromatic heterocycles. The number of unbranched alkanes of at least 4 members (excludes halogenated alkanes) is 5. The van der Waals surface area contributed by atoms with Gasteiger partial charge >= 0.3 is 0 Å². The van der Waals surface area contributed by atoms with E-state index in [4.69, 9.17) is 9.47 Å². The average molecular weight is 329 g/mol. The first-order chi connectivity index (χ1) is 9.43. The van der Waals surface area contributed by atoms with Gasteiger partial charge in [0.25, 0.3) is 0 Å². The zero-order valence-electron chi connectivity index (χ0n) is 11.7. The number of rotatable bonds is 12. The Morgan fingerprint density at radius 3 is 2.21 bits per heavy atom. The summed E-state index contributed by atoms with van der Waals surface area (Å²) in [7, 11) is 0. The molecule has 0 radical (unpaired) electrons. The summed E-state index contributed by atoms with van der Waals surface area (Å²) in [4.78, 5) is 0. The van der Waals surface area contributed by atoms with Crippen molar-refractivity contribution in [3.05, 3.63) is 35.9 Å². The fraction of sp³-hybridized carbons (Fsp3) is 0.625. The molecule has 0 amide bonds. The van der Waals surface area contributed by atoms with Gasteiger partial charge in [-0.25, -0.2) is 0 Å². The summed E-state index contributed by atoms with van der Waals surface area (Å²) in [5.41, 5.74) is 1.19. The lowest BCUT2D eigenvalue weighted by Gasteiger charge is -2.06. The summed E-state index contributed by atoms with van der Waals surface area (Å²) in [6.07, 6.45) is 7.71. The Balaban J connectivity index is 1.79. The highest BCUT2D eigenvalue weighted by molar-refractivity contribution is 9.09. The van der Waals surface area contributed by atoms with E-state index in [2.05, 4.69) is 28.1 Å². The number of hydrogen-bond acceptors (Lipinski definition) is 2. The lowest BCUT2D eigenvalue weighted by molar-refractivity contribution is -0.0623. The van der Waals surface area contributed by atoms with Crippen LogP contribution in [-0.4, -0.2) is 18.7 Å². The average Bonchev–Trinajstić information content (AvgIpc) is 2.46. The highest BCUT2D eigenvalue weighted by Crippen LogP contribution is 2.06. The van der Waals surface area contributed by atoms with Crippen molar-refractivity contribution >= 4 is 15.9 Å². The van der Waals surface area contributed by atoms with Crippen LogP contribution in [0.3, 0.4) is 0 Å². The normalized spacial score (nSPS) is 10.8. The maximum Gasteiger partial charge on any atom is 0.147 e. The fourth-order valence-electron chi connectivity index (χ4n) is 1.86. The minimum absolute atomic E-state index is 0.401. The minimum atomic E-state index is 0.401. The van der Waals surface area contributed by atoms with Gasteiger partial charge in [0.1, 0.15) is 6.79 Å². The first kappa shape index (κ1) is 16.7. The van der Waals surface area contributed by atoms with E-state index >= 15 is 0 Å². The molecule has 1 aromatic carbocycles. The molecular formula is C16H25BrO2. The van der Waals surface area contributed by atoms with Gasteiger partial charge in [-0.15, -0.1) is 0 Å². The van der Waals surface area contributed by atoms with Crippen molar-refractivity contribution < 1.29 is 9.47 Å². The maximum atomic E-state index is 5.45. The summed E-state index contributed by atoms with van der Waals surface area (Å²) in [6, 6.07) is 10.2. The van der Waals surface area contributed by atoms with Crippen LogP contribution < -0.4 is 0 Å². The fourth-order valence-corrected chi connectivity index (χ4v) is 2.25. The van der Waals surface area contributed by atoms with Gasteiger partial charge in [-0.3, -0.25) is 0 Å². The van der Waals surface area contributed by atoms with Crippen LogP contribution in [0.2, 0.25) is 0 Å². The quantitative estimate of drug-likeness (QED) is 0.308. The van der Waals surface area contributed by atoms with E-state index in [0.29, 0.717) is 13.4 Å². The molecule has 2 nitrogen and oxygen atoms in total. The van der Waals surface area contributed by atoms with Crippen LogP contribution >= 0.6 is 15.9 Å². The topological polar surface area (TPSA) is 18.5 Å². The molecule has 0 aliphatic rings. The van der Waals surface area contributed by atoms with E-state index in [-0.39, 0.29) is 0 Å². The summed E-state index contributed by atoms with van der Waals surface area (Å²) >= 11 is 3.45. The molecular weight excluding hydrogens is 304 g/mol. The first-order valence-corrected chi connectivity index (χ1v) is 8.31. The molecule has 1 aromatic rings. The van der Waals surface area contributed by atoms with Crippen molar-refractivity contribution in [3.63, 3.8) is 0 Å². The number of benzene rings is 1. The molecule has 19 heavy (non-hydrogen) atoms. The Kier molecular flexibility index (Phi) is 11.1. The first-order valence-electron chi connectivity index (χ1n) is 7.19. The molecule has 0 aliphatic carbocycles. The SMILES string of the molecule is BrCCCCCCCCOCOCc1ccccc1. The van der Waals surface area contributed by atoms with Crippen LogP contribution in [-0.2, 0) is 16.1 Å². The standard InChI is InChI=1S/C16H25BrO2/c17-12-8-3-1-2-4-9-13-18-15-19-14-16-10-6-5-7-11-16/h5-7,10-11H,1-4,8-9,12-15H2. The molecule has 0 N–H and O–H groups in total. The summed E-state index contributed by atoms with van der Waals surface area (Å²) in [6.45, 7) is 1.85. The van der Waals surface area contributed by atoms with Crippen LogP contribution in [0.1, 0.15) is 44.1 Å². The highest BCUT2D eigenvalue weighted by Gasteiger charge is 1.93. The van der Waals surface area contributed by atoms with Gasteiger partial charge < -0.3 is 9.47 Å². The summed E-state index contributed by atoms with van der Waals surface area (Å²) < 4.78 is 10.9. The second-order valence-electron chi connectivity index (χ2n) is 4.67. The molecule has 0 unspecified atom stereocenters. The zero-order valence-corrected chi connectivity index (χ0v) is 13.2. The second-order valence-corrected chi connectivity index (χ2v) is 5.46. The molecule has 0 bridgehead atoms. The van der Waals surface area contributed by atoms with Crippen LogP contribution in [0.25, 0.3) is 0 Å². The molecule has 3 heteroatoms. The molecule has 0 saturated heterocycles. The minimum Gasteiger partial charge on any atom is -0.355 e. The Labute approximate surface area is 125 Å². The van der Waals surface area contributed by atoms with Gasteiger partial charge in [0.2, 0.25) is 0 Å². The molecule has 0 fully saturated rings. The second kappa shape index (κ2) is 12.6. The van der Waals surface area contributed by atoms with Gasteiger partial charge in [-0.2, -0.15) is 0 Å². The van der Waals surface area contributed by atoms with Gasteiger partial charge in [-0.05, 0) is 18.4 Å². The molecule has 0 atom stereocenters. The van der Waals surface area contributed by atoms with E-state index in [1.807, 2.05) is 18.2 Å². The van der Waals surface area contributed by atoms with Gasteiger partial charge in [-0.1, -0.05) is 71.9 Å². The van der Waals surface area contributed by atoms with Crippen LogP contribution in [0, 0.1) is 0 Å². The van der Waals surface area contributed by atoms with Crippen LogP contribution in [0.5, 0.6) is 0 Å². The maximum absolute atomic E-state index is 5.45. The van der Waals surface area contributed by atoms with Crippen molar-refractivity contribution in [1.29, 1.82) is 0 Å². The predicted octanol–water partition coefficient (Wildman–Crippen LogP) is 4.91. The van der Waals surface area contributed by atoms with Crippen LogP contribution in [0.4, 0.5) is 0 Å². The van der Waals surface area contributed by atoms with Crippen molar-refractivity contribution in [2.45, 2.75) is 45.1 Å². The Morgan fingerprint density at radius 1 is 0.789 bits per heavy atom. The van der Waals surface area contributed by atoms with E-state index in [1.54, 1.807) is 0 Å². The number of alkyl halides is 1. The molecule has 0 aliphatic heterocycles. The Hall–Kier alpha value is -0.380. The number of hydrogen-bond donors (Lipinski definition) is 0. The van der Waals surface area contributed by atoms with Crippen LogP contribution in [0.15, 0.2) is 30.3 Å². The molecule has 1 rings (SSSR count). The largest absolute Gasteiger partial charge is 0.355 e. The van der Waals surface area contributed by atoms with Gasteiger partial charge in [0.15, 0.2) is 0 Å². The Morgan fingerprint density at radius 2 is 1.47 bits per heavy atom. The number of ether oxygens (including phenoxy) is 2. The molecule has 0 spiro atoms. The highest BCUT2D eigenvalue weighted by atomic mass is 79.9. The third-order valence-corrected chi connectivity index (χ3v) is 3.51. The van der Waals surface area contributed by atoms with E-state index in [1.165, 1.54) is 37.7 Å². The van der Waals surface area contributed by atoms with Gasteiger partial charge in [0.05, 0.1) is 6.61 Å². The predicted molar refractivity (Wildman–Crippen MR) is 83.5 cm³/mol. The molecule has 0 saturated carbocycles. The van der Waals surface area contributed by atoms with Crippen molar-refractivity contribution in [2.24, 2.45) is 0 Å². The van der Waals surface area contributed by atoms with Crippen molar-refractivity contribution in [1.82, 2.24) is 0 Å². The molecule has 0 heterocycles. The Bertz CT molecular complexity index is 290. The summed E-state index contributed by atoms with van der Waals surface area (Å²) in [5.74, 6) is 0. The third-order valence-electron chi connectivity index (χ3n) is 2.95. The van der Waals surface area contributed by atoms with Crippen molar-refractivity contribution in [2.75, 3.05) is 18.7 Å². The third kappa shape index (κ3) is 10.1. The lowest BCUT2D eigenvalue weighted by Crippen LogP contribution is -2.01. The smallest absolute Gasteiger partial charge is 0.147 e. The molecule has 108 valence electrons. The van der Waals surface area contributed by atoms with E-state index in [9.17, 15) is 0 Å². The van der Waals surface area contributed by atoms with E-state index in [0.717, 1.165) is 18.4 Å². The zero-order chi connectivity index (χ0) is 13.6. The summed E-state index contributed by atoms with van der Waals surface area (Å²) in [5, 5.41) is 1.13. The van der Waals surface area contributed by atoms with E-state index < -0.39 is 0 Å². The van der Waals surface area contributed by atoms with Gasteiger partial charge in [0, 0.05) is 11.9 Å². The van der Waals surface area contributed by atoms with Crippen molar-refractivity contribution in [3.8, 4) is 0 Å².